The van der Waals surface area contributed by atoms with Gasteiger partial charge >= 0.3 is 6.09 Å². The topological polar surface area (TPSA) is 112 Å². The molecular formula is C30H38N6O3. The average Bonchev–Trinajstić information content (AvgIpc) is 3.24. The summed E-state index contributed by atoms with van der Waals surface area (Å²) in [5.41, 5.74) is 3.00. The quantitative estimate of drug-likeness (QED) is 0.216. The van der Waals surface area contributed by atoms with Gasteiger partial charge in [0.1, 0.15) is 17.1 Å². The van der Waals surface area contributed by atoms with Crippen LogP contribution in [-0.4, -0.2) is 43.9 Å². The number of aromatic nitrogens is 3. The Morgan fingerprint density at radius 1 is 1.23 bits per heavy atom. The van der Waals surface area contributed by atoms with Crippen molar-refractivity contribution >= 4 is 28.7 Å². The maximum Gasteiger partial charge on any atom is 0.410 e. The Bertz CT molecular complexity index is 1350. The van der Waals surface area contributed by atoms with E-state index in [0.29, 0.717) is 42.8 Å². The molecule has 1 fully saturated rings. The second kappa shape index (κ2) is 12.1. The van der Waals surface area contributed by atoms with Crippen molar-refractivity contribution in [1.29, 1.82) is 0 Å². The van der Waals surface area contributed by atoms with Gasteiger partial charge in [-0.2, -0.15) is 0 Å². The van der Waals surface area contributed by atoms with E-state index in [1.807, 2.05) is 57.2 Å². The molecule has 0 atom stereocenters. The number of allylic oxidation sites excluding steroid dienone is 1. The van der Waals surface area contributed by atoms with Crippen LogP contribution < -0.4 is 10.6 Å². The van der Waals surface area contributed by atoms with Crippen LogP contribution in [0.1, 0.15) is 58.3 Å². The number of nitrogens with zero attached hydrogens (tertiary/aromatic N) is 3. The summed E-state index contributed by atoms with van der Waals surface area (Å²) in [6, 6.07) is 11.5. The summed E-state index contributed by atoms with van der Waals surface area (Å²) in [5.74, 6) is 1.04. The van der Waals surface area contributed by atoms with Crippen LogP contribution in [0.3, 0.4) is 0 Å². The first-order chi connectivity index (χ1) is 18.6. The van der Waals surface area contributed by atoms with E-state index in [2.05, 4.69) is 27.2 Å². The molecule has 1 aliphatic carbocycles. The number of aromatic amines is 1. The van der Waals surface area contributed by atoms with Crippen molar-refractivity contribution in [3.63, 3.8) is 0 Å². The molecule has 9 nitrogen and oxygen atoms in total. The zero-order valence-electron chi connectivity index (χ0n) is 23.2. The molecule has 0 aliphatic heterocycles. The number of ketones is 1. The van der Waals surface area contributed by atoms with E-state index in [1.54, 1.807) is 11.1 Å². The molecule has 206 valence electrons. The molecule has 0 spiro atoms. The molecule has 3 heterocycles. The van der Waals surface area contributed by atoms with Gasteiger partial charge in [-0.25, -0.2) is 14.8 Å². The van der Waals surface area contributed by atoms with Gasteiger partial charge in [-0.05, 0) is 76.8 Å². The first-order valence-electron chi connectivity index (χ1n) is 13.3. The zero-order valence-corrected chi connectivity index (χ0v) is 23.2. The van der Waals surface area contributed by atoms with Gasteiger partial charge in [-0.3, -0.25) is 4.79 Å². The van der Waals surface area contributed by atoms with Crippen molar-refractivity contribution in [3.05, 3.63) is 78.0 Å². The molecule has 4 rings (SSSR count). The van der Waals surface area contributed by atoms with E-state index in [-0.39, 0.29) is 11.9 Å². The van der Waals surface area contributed by atoms with E-state index in [1.165, 1.54) is 19.4 Å². The highest BCUT2D eigenvalue weighted by Crippen LogP contribution is 2.28. The normalized spacial score (nSPS) is 14.0. The minimum absolute atomic E-state index is 0.104. The highest BCUT2D eigenvalue weighted by Gasteiger charge is 2.27. The van der Waals surface area contributed by atoms with Gasteiger partial charge in [0.05, 0.1) is 30.2 Å². The average molecular weight is 531 g/mol. The molecule has 3 aromatic rings. The van der Waals surface area contributed by atoms with Crippen LogP contribution in [0, 0.1) is 5.92 Å². The first-order valence-corrected chi connectivity index (χ1v) is 13.3. The molecule has 3 N–H and O–H groups in total. The number of hydrogen-bond donors (Lipinski definition) is 3. The van der Waals surface area contributed by atoms with Crippen LogP contribution in [0.2, 0.25) is 0 Å². The number of amides is 1. The third-order valence-electron chi connectivity index (χ3n) is 6.39. The Labute approximate surface area is 229 Å². The van der Waals surface area contributed by atoms with Crippen LogP contribution in [0.4, 0.5) is 10.6 Å². The number of ether oxygens (including phenoxy) is 1. The van der Waals surface area contributed by atoms with Gasteiger partial charge in [-0.15, -0.1) is 0 Å². The molecule has 0 bridgehead atoms. The van der Waals surface area contributed by atoms with Crippen molar-refractivity contribution in [2.75, 3.05) is 11.9 Å². The Morgan fingerprint density at radius 3 is 2.67 bits per heavy atom. The second-order valence-electron chi connectivity index (χ2n) is 11.0. The van der Waals surface area contributed by atoms with Gasteiger partial charge in [0.2, 0.25) is 0 Å². The minimum Gasteiger partial charge on any atom is -0.444 e. The van der Waals surface area contributed by atoms with Crippen LogP contribution >= 0.6 is 0 Å². The number of carbonyl (C=O) groups excluding carboxylic acids is 2. The van der Waals surface area contributed by atoms with Crippen molar-refractivity contribution in [2.24, 2.45) is 5.92 Å². The maximum atomic E-state index is 12.9. The van der Waals surface area contributed by atoms with E-state index in [9.17, 15) is 9.59 Å². The van der Waals surface area contributed by atoms with Crippen LogP contribution in [0.15, 0.2) is 66.6 Å². The lowest BCUT2D eigenvalue weighted by atomic mass is 9.85. The second-order valence-corrected chi connectivity index (χ2v) is 11.0. The number of rotatable bonds is 11. The van der Waals surface area contributed by atoms with Crippen LogP contribution in [-0.2, 0) is 22.6 Å². The maximum absolute atomic E-state index is 12.9. The zero-order chi connectivity index (χ0) is 28.0. The third kappa shape index (κ3) is 8.17. The van der Waals surface area contributed by atoms with E-state index in [0.717, 1.165) is 35.3 Å². The molecule has 0 saturated heterocycles. The summed E-state index contributed by atoms with van der Waals surface area (Å²) in [6.07, 6.45) is 6.38. The lowest BCUT2D eigenvalue weighted by Crippen LogP contribution is -2.40. The molecule has 1 saturated carbocycles. The molecule has 3 aromatic heterocycles. The fourth-order valence-corrected chi connectivity index (χ4v) is 4.28. The van der Waals surface area contributed by atoms with E-state index in [4.69, 9.17) is 9.72 Å². The largest absolute Gasteiger partial charge is 0.444 e. The van der Waals surface area contributed by atoms with Gasteiger partial charge < -0.3 is 25.3 Å². The third-order valence-corrected chi connectivity index (χ3v) is 6.39. The standard InChI is InChI=1S/C30H38N6O3/c1-20(37)15-26(35-27-11-6-7-14-31-27)21(2)32-17-24-13-12-23-16-25(34-28(23)33-24)19-36(18-22-9-8-10-22)29(38)39-30(3,4)5/h6-7,11-16,22,32H,2,8-10,17-19H2,1,3-5H3,(H,31,35)(H,33,34)/b26-15-. The molecule has 0 aromatic carbocycles. The monoisotopic (exact) mass is 530 g/mol. The van der Waals surface area contributed by atoms with Crippen molar-refractivity contribution in [3.8, 4) is 0 Å². The summed E-state index contributed by atoms with van der Waals surface area (Å²) in [5, 5.41) is 7.36. The van der Waals surface area contributed by atoms with Gasteiger partial charge in [-0.1, -0.05) is 19.1 Å². The molecular weight excluding hydrogens is 492 g/mol. The number of anilines is 1. The molecule has 39 heavy (non-hydrogen) atoms. The SMILES string of the molecule is C=C(NCc1ccc2cc(CN(CC3CCC3)C(=O)OC(C)(C)C)[nH]c2n1)/C(=C/C(C)=O)Nc1ccccn1. The summed E-state index contributed by atoms with van der Waals surface area (Å²) >= 11 is 0. The van der Waals surface area contributed by atoms with Crippen LogP contribution in [0.25, 0.3) is 11.0 Å². The predicted molar refractivity (Wildman–Crippen MR) is 153 cm³/mol. The number of carbonyl (C=O) groups is 2. The number of nitrogens with one attached hydrogen (secondary N) is 3. The molecule has 1 aliphatic rings. The van der Waals surface area contributed by atoms with E-state index < -0.39 is 5.60 Å². The van der Waals surface area contributed by atoms with Gasteiger partial charge in [0.25, 0.3) is 0 Å². The lowest BCUT2D eigenvalue weighted by Gasteiger charge is -2.33. The van der Waals surface area contributed by atoms with Crippen molar-refractivity contribution < 1.29 is 14.3 Å². The van der Waals surface area contributed by atoms with Crippen molar-refractivity contribution in [2.45, 2.75) is 65.6 Å². The molecule has 0 unspecified atom stereocenters. The van der Waals surface area contributed by atoms with Gasteiger partial charge in [0.15, 0.2) is 5.78 Å². The van der Waals surface area contributed by atoms with Crippen LogP contribution in [0.5, 0.6) is 0 Å². The highest BCUT2D eigenvalue weighted by molar-refractivity contribution is 5.89. The summed E-state index contributed by atoms with van der Waals surface area (Å²) in [6.45, 7) is 12.8. The Morgan fingerprint density at radius 2 is 2.03 bits per heavy atom. The highest BCUT2D eigenvalue weighted by atomic mass is 16.6. The summed E-state index contributed by atoms with van der Waals surface area (Å²) in [4.78, 5) is 38.9. The smallest absolute Gasteiger partial charge is 0.410 e. The summed E-state index contributed by atoms with van der Waals surface area (Å²) < 4.78 is 5.68. The number of hydrogen-bond acceptors (Lipinski definition) is 7. The first kappa shape index (κ1) is 27.9. The molecule has 0 radical (unpaired) electrons. The number of fused-ring (bicyclic) bond motifs is 1. The number of H-pyrrole nitrogens is 1. The molecule has 9 heteroatoms. The predicted octanol–water partition coefficient (Wildman–Crippen LogP) is 5.68. The van der Waals surface area contributed by atoms with E-state index >= 15 is 0 Å². The Kier molecular flexibility index (Phi) is 8.69. The fourth-order valence-electron chi connectivity index (χ4n) is 4.28. The Hall–Kier alpha value is -4.14. The molecule has 1 amide bonds. The Balaban J connectivity index is 1.43. The van der Waals surface area contributed by atoms with Gasteiger partial charge in [0, 0.05) is 29.9 Å². The lowest BCUT2D eigenvalue weighted by molar-refractivity contribution is -0.112. The minimum atomic E-state index is -0.546. The fraction of sp³-hybridized carbons (Fsp3) is 0.400. The number of pyridine rings is 2. The summed E-state index contributed by atoms with van der Waals surface area (Å²) in [7, 11) is 0. The van der Waals surface area contributed by atoms with Crippen molar-refractivity contribution in [1.82, 2.24) is 25.2 Å².